The predicted octanol–water partition coefficient (Wildman–Crippen LogP) is 16.5. The van der Waals surface area contributed by atoms with E-state index in [1.165, 1.54) is 76.7 Å². The van der Waals surface area contributed by atoms with Crippen molar-refractivity contribution in [2.45, 2.75) is 0 Å². The molecule has 2 heterocycles. The molecule has 3 heteroatoms. The van der Waals surface area contributed by atoms with Gasteiger partial charge in [-0.2, -0.15) is 0 Å². The summed E-state index contributed by atoms with van der Waals surface area (Å²) >= 11 is 0. The zero-order valence-electron chi connectivity index (χ0n) is 35.4. The van der Waals surface area contributed by atoms with Crippen LogP contribution in [0.4, 0.5) is 0 Å². The third-order valence-corrected chi connectivity index (χ3v) is 13.2. The first kappa shape index (κ1) is 36.9. The van der Waals surface area contributed by atoms with Crippen LogP contribution in [0.5, 0.6) is 0 Å². The lowest BCUT2D eigenvalue weighted by atomic mass is 9.95. The first-order chi connectivity index (χ1) is 32.2. The summed E-state index contributed by atoms with van der Waals surface area (Å²) < 4.78 is 2.39. The summed E-state index contributed by atoms with van der Waals surface area (Å²) in [5.41, 5.74) is 16.7. The van der Waals surface area contributed by atoms with E-state index in [1.54, 1.807) is 0 Å². The Labute approximate surface area is 376 Å². The average Bonchev–Trinajstić information content (AvgIpc) is 3.72. The molecule has 2 aromatic heterocycles. The van der Waals surface area contributed by atoms with E-state index in [2.05, 4.69) is 235 Å². The highest BCUT2D eigenvalue weighted by Gasteiger charge is 2.16. The quantitative estimate of drug-likeness (QED) is 0.156. The Morgan fingerprint density at radius 2 is 0.754 bits per heavy atom. The third-order valence-electron chi connectivity index (χ3n) is 13.2. The fourth-order valence-electron chi connectivity index (χ4n) is 9.98. The van der Waals surface area contributed by atoms with Crippen LogP contribution < -0.4 is 0 Å². The molecule has 0 aliphatic rings. The first-order valence-corrected chi connectivity index (χ1v) is 22.2. The maximum absolute atomic E-state index is 5.27. The van der Waals surface area contributed by atoms with Gasteiger partial charge in [-0.1, -0.05) is 176 Å². The van der Waals surface area contributed by atoms with Crippen LogP contribution in [0, 0.1) is 0 Å². The second-order valence-corrected chi connectivity index (χ2v) is 17.0. The molecule has 0 spiro atoms. The highest BCUT2D eigenvalue weighted by Crippen LogP contribution is 2.38. The Balaban J connectivity index is 0.825. The molecule has 11 aromatic carbocycles. The Hall–Kier alpha value is -8.66. The molecule has 0 unspecified atom stereocenters. The molecule has 0 aliphatic heterocycles. The van der Waals surface area contributed by atoms with Crippen molar-refractivity contribution in [3.05, 3.63) is 237 Å². The molecule has 65 heavy (non-hydrogen) atoms. The fourth-order valence-corrected chi connectivity index (χ4v) is 9.98. The maximum Gasteiger partial charge on any atom is 0.0979 e. The fraction of sp³-hybridized carbons (Fsp3) is 0. The van der Waals surface area contributed by atoms with Gasteiger partial charge in [0, 0.05) is 32.8 Å². The SMILES string of the molecule is c1cc(-c2cccc(-c3ccc4c(c3)c3ccccc3n4-c3ccc(-c4ccc5ccccc5c4)cc3)c2)cc(-c2cccc(-c3cnc4c5ccccc5c5ccccc5c4n3)c2)c1. The molecule has 0 amide bonds. The molecule has 0 aliphatic carbocycles. The second-order valence-electron chi connectivity index (χ2n) is 17.0. The van der Waals surface area contributed by atoms with Crippen molar-refractivity contribution in [1.29, 1.82) is 0 Å². The Kier molecular flexibility index (Phi) is 8.53. The number of hydrogen-bond acceptors (Lipinski definition) is 2. The van der Waals surface area contributed by atoms with Crippen LogP contribution in [0.2, 0.25) is 0 Å². The molecule has 0 radical (unpaired) electrons. The second kappa shape index (κ2) is 15.0. The van der Waals surface area contributed by atoms with Crippen LogP contribution in [0.25, 0.3) is 127 Å². The van der Waals surface area contributed by atoms with E-state index in [1.807, 2.05) is 6.20 Å². The molecule has 0 N–H and O–H groups in total. The van der Waals surface area contributed by atoms with Gasteiger partial charge < -0.3 is 4.57 Å². The van der Waals surface area contributed by atoms with Crippen LogP contribution in [-0.2, 0) is 0 Å². The lowest BCUT2D eigenvalue weighted by Gasteiger charge is -2.12. The van der Waals surface area contributed by atoms with Gasteiger partial charge in [0.2, 0.25) is 0 Å². The van der Waals surface area contributed by atoms with Crippen LogP contribution in [0.1, 0.15) is 0 Å². The van der Waals surface area contributed by atoms with Gasteiger partial charge >= 0.3 is 0 Å². The summed E-state index contributed by atoms with van der Waals surface area (Å²) in [6, 6.07) is 83.4. The topological polar surface area (TPSA) is 30.7 Å². The molecule has 0 saturated heterocycles. The monoisotopic (exact) mass is 825 g/mol. The van der Waals surface area contributed by atoms with Crippen LogP contribution in [0.15, 0.2) is 237 Å². The molecule has 13 rings (SSSR count). The van der Waals surface area contributed by atoms with Crippen molar-refractivity contribution >= 4 is 65.2 Å². The number of aromatic nitrogens is 3. The molecule has 0 saturated carbocycles. The summed E-state index contributed by atoms with van der Waals surface area (Å²) in [5, 5.41) is 9.63. The van der Waals surface area contributed by atoms with E-state index in [4.69, 9.17) is 9.97 Å². The van der Waals surface area contributed by atoms with Gasteiger partial charge in [-0.05, 0) is 121 Å². The Bertz CT molecular complexity index is 3970. The van der Waals surface area contributed by atoms with Gasteiger partial charge in [0.1, 0.15) is 0 Å². The molecule has 13 aromatic rings. The van der Waals surface area contributed by atoms with Gasteiger partial charge in [-0.15, -0.1) is 0 Å². The minimum absolute atomic E-state index is 0.860. The smallest absolute Gasteiger partial charge is 0.0979 e. The molecule has 0 fully saturated rings. The van der Waals surface area contributed by atoms with E-state index in [9.17, 15) is 0 Å². The zero-order chi connectivity index (χ0) is 42.8. The van der Waals surface area contributed by atoms with E-state index in [0.717, 1.165) is 49.9 Å². The van der Waals surface area contributed by atoms with Crippen LogP contribution >= 0.6 is 0 Å². The van der Waals surface area contributed by atoms with Crippen molar-refractivity contribution in [2.24, 2.45) is 0 Å². The van der Waals surface area contributed by atoms with Crippen molar-refractivity contribution < 1.29 is 0 Å². The van der Waals surface area contributed by atoms with Gasteiger partial charge in [-0.25, -0.2) is 4.98 Å². The van der Waals surface area contributed by atoms with Crippen molar-refractivity contribution in [3.63, 3.8) is 0 Å². The van der Waals surface area contributed by atoms with Crippen LogP contribution in [-0.4, -0.2) is 14.5 Å². The number of hydrogen-bond donors (Lipinski definition) is 0. The summed E-state index contributed by atoms with van der Waals surface area (Å²) in [4.78, 5) is 10.3. The lowest BCUT2D eigenvalue weighted by Crippen LogP contribution is -1.93. The van der Waals surface area contributed by atoms with Crippen molar-refractivity contribution in [3.8, 4) is 61.5 Å². The van der Waals surface area contributed by atoms with Crippen LogP contribution in [0.3, 0.4) is 0 Å². The van der Waals surface area contributed by atoms with Crippen molar-refractivity contribution in [1.82, 2.24) is 14.5 Å². The summed E-state index contributed by atoms with van der Waals surface area (Å²) in [5.74, 6) is 0. The van der Waals surface area contributed by atoms with E-state index >= 15 is 0 Å². The largest absolute Gasteiger partial charge is 0.309 e. The number of nitrogens with zero attached hydrogens (tertiary/aromatic N) is 3. The van der Waals surface area contributed by atoms with E-state index in [0.29, 0.717) is 0 Å². The number of benzene rings is 11. The third kappa shape index (κ3) is 6.28. The summed E-state index contributed by atoms with van der Waals surface area (Å²) in [6.07, 6.45) is 1.92. The molecular formula is C62H39N3. The van der Waals surface area contributed by atoms with Gasteiger partial charge in [-0.3, -0.25) is 4.98 Å². The molecule has 0 atom stereocenters. The maximum atomic E-state index is 5.27. The number of para-hydroxylation sites is 1. The van der Waals surface area contributed by atoms with Gasteiger partial charge in [0.15, 0.2) is 0 Å². The van der Waals surface area contributed by atoms with Crippen molar-refractivity contribution in [2.75, 3.05) is 0 Å². The predicted molar refractivity (Wildman–Crippen MR) is 274 cm³/mol. The lowest BCUT2D eigenvalue weighted by molar-refractivity contribution is 1.18. The normalized spacial score (nSPS) is 11.7. The molecular weight excluding hydrogens is 787 g/mol. The summed E-state index contributed by atoms with van der Waals surface area (Å²) in [7, 11) is 0. The highest BCUT2D eigenvalue weighted by atomic mass is 15.0. The number of fused-ring (bicyclic) bond motifs is 10. The Morgan fingerprint density at radius 3 is 1.43 bits per heavy atom. The Morgan fingerprint density at radius 1 is 0.277 bits per heavy atom. The van der Waals surface area contributed by atoms with E-state index < -0.39 is 0 Å². The first-order valence-electron chi connectivity index (χ1n) is 22.2. The minimum atomic E-state index is 0.860. The zero-order valence-corrected chi connectivity index (χ0v) is 35.4. The van der Waals surface area contributed by atoms with Gasteiger partial charge in [0.05, 0.1) is 34.0 Å². The molecule has 3 nitrogen and oxygen atoms in total. The molecule has 0 bridgehead atoms. The minimum Gasteiger partial charge on any atom is -0.309 e. The van der Waals surface area contributed by atoms with E-state index in [-0.39, 0.29) is 0 Å². The number of rotatable bonds is 6. The summed E-state index contributed by atoms with van der Waals surface area (Å²) in [6.45, 7) is 0. The molecule has 302 valence electrons. The highest BCUT2D eigenvalue weighted by molar-refractivity contribution is 6.23. The standard InChI is InChI=1S/C62H39N3/c1-2-13-42-34-48(27-26-40(42)12-1)41-28-31-51(32-29-41)65-59-25-8-7-22-54(59)57-38-49(30-33-60(57)65)46-17-10-15-44(36-46)43-14-9-16-45(35-43)47-18-11-19-50(37-47)58-39-63-61-55-23-5-3-20-52(55)53-21-4-6-24-56(53)62(61)64-58/h1-39H. The average molecular weight is 826 g/mol. The van der Waals surface area contributed by atoms with Gasteiger partial charge in [0.25, 0.3) is 0 Å².